The molecule has 0 fully saturated rings. The van der Waals surface area contributed by atoms with Crippen LogP contribution in [-0.2, 0) is 16.0 Å². The first-order valence-corrected chi connectivity index (χ1v) is 13.9. The van der Waals surface area contributed by atoms with E-state index in [9.17, 15) is 13.0 Å². The van der Waals surface area contributed by atoms with Gasteiger partial charge in [0.2, 0.25) is 5.52 Å². The van der Waals surface area contributed by atoms with Crippen molar-refractivity contribution >= 4 is 78.4 Å². The topological polar surface area (TPSA) is 61.5 Å². The first-order chi connectivity index (χ1) is 15.2. The molecule has 2 heterocycles. The summed E-state index contributed by atoms with van der Waals surface area (Å²) in [5.74, 6) is -0.535. The number of hydrogen-bond acceptors (Lipinski definition) is 5. The molecule has 0 aliphatic carbocycles. The summed E-state index contributed by atoms with van der Waals surface area (Å²) in [6.45, 7) is 4.95. The molecule has 1 aliphatic heterocycles. The predicted molar refractivity (Wildman–Crippen MR) is 135 cm³/mol. The maximum Gasteiger partial charge on any atom is 0.326 e. The second-order valence-electron chi connectivity index (χ2n) is 7.21. The normalized spacial score (nSPS) is 15.7. The third kappa shape index (κ3) is 5.00. The van der Waals surface area contributed by atoms with E-state index in [0.29, 0.717) is 15.6 Å². The molecule has 5 nitrogen and oxygen atoms in total. The molecule has 0 atom stereocenters. The summed E-state index contributed by atoms with van der Waals surface area (Å²) in [6, 6.07) is 11.2. The number of allylic oxidation sites excluding steroid dienone is 2. The van der Waals surface area contributed by atoms with Gasteiger partial charge in [0.15, 0.2) is 0 Å². The highest BCUT2D eigenvalue weighted by atomic mass is 35.5. The van der Waals surface area contributed by atoms with Crippen LogP contribution in [0.3, 0.4) is 0 Å². The van der Waals surface area contributed by atoms with Gasteiger partial charge in [0.25, 0.3) is 10.9 Å². The number of thiazole rings is 1. The van der Waals surface area contributed by atoms with E-state index in [0.717, 1.165) is 43.9 Å². The second-order valence-corrected chi connectivity index (χ2v) is 11.6. The van der Waals surface area contributed by atoms with Gasteiger partial charge < -0.3 is 4.90 Å². The van der Waals surface area contributed by atoms with Crippen molar-refractivity contribution in [3.8, 4) is 0 Å². The summed E-state index contributed by atoms with van der Waals surface area (Å²) < 4.78 is 35.4. The minimum absolute atomic E-state index is 0.505. The zero-order chi connectivity index (χ0) is 23.0. The highest BCUT2D eigenvalue weighted by Crippen LogP contribution is 2.47. The van der Waals surface area contributed by atoms with Gasteiger partial charge in [-0.25, -0.2) is 0 Å². The lowest BCUT2D eigenvalue weighted by molar-refractivity contribution is -0.649. The van der Waals surface area contributed by atoms with Gasteiger partial charge in [0.1, 0.15) is 4.70 Å². The molecule has 0 spiro atoms. The Balaban J connectivity index is 1.79. The molecule has 0 saturated carbocycles. The van der Waals surface area contributed by atoms with Gasteiger partial charge in [-0.2, -0.15) is 13.0 Å². The summed E-state index contributed by atoms with van der Waals surface area (Å²) >= 11 is 15.5. The van der Waals surface area contributed by atoms with Crippen LogP contribution in [-0.4, -0.2) is 19.5 Å². The van der Waals surface area contributed by atoms with E-state index in [2.05, 4.69) is 24.8 Å². The maximum atomic E-state index is 11.7. The molecule has 0 bridgehead atoms. The average Bonchev–Trinajstić information content (AvgIpc) is 3.23. The summed E-state index contributed by atoms with van der Waals surface area (Å²) in [6.07, 6.45) is 4.85. The summed E-state index contributed by atoms with van der Waals surface area (Å²) in [7, 11) is -4.23. The Hall–Kier alpha value is -1.55. The molecule has 10 heteroatoms. The van der Waals surface area contributed by atoms with E-state index in [-0.39, 0.29) is 0 Å². The third-order valence-corrected chi connectivity index (χ3v) is 8.30. The van der Waals surface area contributed by atoms with Crippen LogP contribution in [0.25, 0.3) is 16.3 Å². The van der Waals surface area contributed by atoms with Crippen molar-refractivity contribution in [1.82, 2.24) is 0 Å². The SMILES string of the molecule is CCC(=Cc1sc2ccc(Cl)cc2[n+]1CS(=O)(=O)O)C=C1Sc2ccc(Cl)cc2N1CC. The fourth-order valence-corrected chi connectivity index (χ4v) is 6.87. The maximum absolute atomic E-state index is 11.7. The number of aromatic nitrogens is 1. The molecule has 2 aromatic carbocycles. The molecule has 0 saturated heterocycles. The van der Waals surface area contributed by atoms with Gasteiger partial charge in [-0.3, -0.25) is 4.55 Å². The molecule has 0 radical (unpaired) electrons. The van der Waals surface area contributed by atoms with Gasteiger partial charge >= 0.3 is 10.1 Å². The molecule has 1 aliphatic rings. The summed E-state index contributed by atoms with van der Waals surface area (Å²) in [5.41, 5.74) is 2.79. The molecule has 1 aromatic heterocycles. The van der Waals surface area contributed by atoms with E-state index in [1.54, 1.807) is 28.5 Å². The molecule has 0 amide bonds. The van der Waals surface area contributed by atoms with Crippen molar-refractivity contribution in [2.75, 3.05) is 11.4 Å². The number of rotatable bonds is 6. The van der Waals surface area contributed by atoms with E-state index in [1.165, 1.54) is 11.3 Å². The Morgan fingerprint density at radius 3 is 2.56 bits per heavy atom. The van der Waals surface area contributed by atoms with Crippen LogP contribution in [0.1, 0.15) is 25.3 Å². The Kier molecular flexibility index (Phi) is 6.91. The quantitative estimate of drug-likeness (QED) is 0.288. The van der Waals surface area contributed by atoms with Crippen molar-refractivity contribution in [3.05, 3.63) is 68.1 Å². The third-order valence-electron chi connectivity index (χ3n) is 5.02. The van der Waals surface area contributed by atoms with E-state index >= 15 is 0 Å². The summed E-state index contributed by atoms with van der Waals surface area (Å²) in [4.78, 5) is 3.36. The number of nitrogens with zero attached hydrogens (tertiary/aromatic N) is 2. The van der Waals surface area contributed by atoms with Crippen LogP contribution in [0.15, 0.2) is 58.0 Å². The number of halogens is 2. The minimum Gasteiger partial charge on any atom is -0.335 e. The van der Waals surface area contributed by atoms with Crippen molar-refractivity contribution in [2.24, 2.45) is 0 Å². The van der Waals surface area contributed by atoms with Gasteiger partial charge in [0, 0.05) is 33.6 Å². The molecular weight excluding hydrogens is 507 g/mol. The first-order valence-electron chi connectivity index (χ1n) is 9.92. The van der Waals surface area contributed by atoms with Gasteiger partial charge in [-0.05, 0) is 55.3 Å². The lowest BCUT2D eigenvalue weighted by Crippen LogP contribution is -2.39. The Bertz CT molecular complexity index is 1360. The van der Waals surface area contributed by atoms with Crippen LogP contribution in [0.2, 0.25) is 10.0 Å². The zero-order valence-corrected chi connectivity index (χ0v) is 21.3. The predicted octanol–water partition coefficient (Wildman–Crippen LogP) is 6.61. The summed E-state index contributed by atoms with van der Waals surface area (Å²) in [5, 5.41) is 3.01. The number of thioether (sulfide) groups is 1. The number of fused-ring (bicyclic) bond motifs is 2. The molecule has 1 N–H and O–H groups in total. The Morgan fingerprint density at radius 1 is 1.16 bits per heavy atom. The van der Waals surface area contributed by atoms with Gasteiger partial charge in [-0.1, -0.05) is 53.2 Å². The van der Waals surface area contributed by atoms with Crippen LogP contribution >= 0.6 is 46.3 Å². The van der Waals surface area contributed by atoms with Crippen molar-refractivity contribution in [2.45, 2.75) is 31.0 Å². The fourth-order valence-electron chi connectivity index (χ4n) is 3.55. The zero-order valence-electron chi connectivity index (χ0n) is 17.4. The minimum atomic E-state index is -4.23. The molecule has 0 unspecified atom stereocenters. The monoisotopic (exact) mass is 527 g/mol. The highest BCUT2D eigenvalue weighted by Gasteiger charge is 2.26. The second kappa shape index (κ2) is 9.37. The molecule has 3 aromatic rings. The van der Waals surface area contributed by atoms with Crippen LogP contribution in [0.5, 0.6) is 0 Å². The van der Waals surface area contributed by atoms with Crippen LogP contribution in [0.4, 0.5) is 5.69 Å². The van der Waals surface area contributed by atoms with Crippen LogP contribution in [0, 0.1) is 0 Å². The van der Waals surface area contributed by atoms with Gasteiger partial charge in [0.05, 0.1) is 10.7 Å². The lowest BCUT2D eigenvalue weighted by Gasteiger charge is -2.18. The van der Waals surface area contributed by atoms with Gasteiger partial charge in [-0.15, -0.1) is 0 Å². The van der Waals surface area contributed by atoms with E-state index in [1.807, 2.05) is 30.3 Å². The Labute approximate surface area is 205 Å². The first kappa shape index (κ1) is 23.6. The standard InChI is InChI=1S/C22H20Cl2N2O3S3/c1-3-14(9-21-25(4-2)17-11-15(23)5-7-19(17)30-21)10-22-26(13-32(27,28)29)18-12-16(24)6-8-20(18)31-22/h5-12H,3-4,13H2,1-2H3/p+1. The highest BCUT2D eigenvalue weighted by molar-refractivity contribution is 8.03. The van der Waals surface area contributed by atoms with Crippen molar-refractivity contribution in [1.29, 1.82) is 0 Å². The smallest absolute Gasteiger partial charge is 0.326 e. The van der Waals surface area contributed by atoms with E-state index in [4.69, 9.17) is 23.2 Å². The number of anilines is 1. The largest absolute Gasteiger partial charge is 0.335 e. The number of hydrogen-bond donors (Lipinski definition) is 1. The van der Waals surface area contributed by atoms with Crippen molar-refractivity contribution in [3.63, 3.8) is 0 Å². The molecule has 4 rings (SSSR count). The fraction of sp³-hybridized carbons (Fsp3) is 0.227. The van der Waals surface area contributed by atoms with Crippen molar-refractivity contribution < 1.29 is 17.5 Å². The van der Waals surface area contributed by atoms with Crippen LogP contribution < -0.4 is 9.47 Å². The Morgan fingerprint density at radius 2 is 1.88 bits per heavy atom. The molecule has 168 valence electrons. The lowest BCUT2D eigenvalue weighted by atomic mass is 10.2. The van der Waals surface area contributed by atoms with E-state index < -0.39 is 16.0 Å². The average molecular weight is 529 g/mol. The molecule has 32 heavy (non-hydrogen) atoms. The number of benzene rings is 2. The molecular formula is C22H21Cl2N2O3S3+.